The second kappa shape index (κ2) is 5.55. The van der Waals surface area contributed by atoms with Crippen molar-refractivity contribution in [1.29, 1.82) is 0 Å². The van der Waals surface area contributed by atoms with E-state index in [1.165, 1.54) is 0 Å². The summed E-state index contributed by atoms with van der Waals surface area (Å²) in [5.41, 5.74) is 0. The van der Waals surface area contributed by atoms with Crippen LogP contribution in [0.3, 0.4) is 0 Å². The lowest BCUT2D eigenvalue weighted by Crippen LogP contribution is -2.26. The minimum atomic E-state index is -1.34. The monoisotopic (exact) mass is 300 g/mol. The van der Waals surface area contributed by atoms with Crippen LogP contribution >= 0.6 is 23.2 Å². The molecule has 1 aliphatic rings. The number of ether oxygens (including phenoxy) is 2. The Morgan fingerprint density at radius 3 is 2.11 bits per heavy atom. The number of rotatable bonds is 2. The number of halogens is 5. The highest BCUT2D eigenvalue weighted by Gasteiger charge is 2.27. The predicted octanol–water partition coefficient (Wildman–Crippen LogP) is 4.32. The molecule has 1 aliphatic heterocycles. The van der Waals surface area contributed by atoms with Gasteiger partial charge in [-0.15, -0.1) is 0 Å². The number of hydrogen-bond donors (Lipinski definition) is 0. The van der Waals surface area contributed by atoms with E-state index in [1.807, 2.05) is 0 Å². The van der Waals surface area contributed by atoms with Gasteiger partial charge in [-0.05, 0) is 12.8 Å². The van der Waals surface area contributed by atoms with Crippen LogP contribution < -0.4 is 4.74 Å². The highest BCUT2D eigenvalue weighted by atomic mass is 35.5. The van der Waals surface area contributed by atoms with Gasteiger partial charge in [0.2, 0.25) is 0 Å². The van der Waals surface area contributed by atoms with Crippen molar-refractivity contribution in [2.24, 2.45) is 0 Å². The standard InChI is InChI=1S/C11H9Cl2F3O2/c12-6-8(14)7(13)10(16)11(9(6)15)18-5-3-1-2-4-17-5/h5H,1-4H2. The molecule has 1 atom stereocenters. The van der Waals surface area contributed by atoms with E-state index in [4.69, 9.17) is 32.7 Å². The first-order valence-electron chi connectivity index (χ1n) is 5.32. The SMILES string of the molecule is Fc1c(Cl)c(F)c(OC2CCCCO2)c(F)c1Cl. The number of hydrogen-bond acceptors (Lipinski definition) is 2. The molecule has 1 aromatic carbocycles. The molecule has 0 bridgehead atoms. The summed E-state index contributed by atoms with van der Waals surface area (Å²) in [6.07, 6.45) is 1.39. The molecule has 0 spiro atoms. The summed E-state index contributed by atoms with van der Waals surface area (Å²) in [5.74, 6) is -4.78. The van der Waals surface area contributed by atoms with E-state index < -0.39 is 39.5 Å². The lowest BCUT2D eigenvalue weighted by Gasteiger charge is -2.24. The summed E-state index contributed by atoms with van der Waals surface area (Å²) < 4.78 is 50.6. The summed E-state index contributed by atoms with van der Waals surface area (Å²) in [4.78, 5) is 0. The van der Waals surface area contributed by atoms with Crippen molar-refractivity contribution in [2.75, 3.05) is 6.61 Å². The Labute approximate surface area is 112 Å². The highest BCUT2D eigenvalue weighted by Crippen LogP contribution is 2.37. The van der Waals surface area contributed by atoms with E-state index >= 15 is 0 Å². The van der Waals surface area contributed by atoms with Crippen LogP contribution in [-0.2, 0) is 4.74 Å². The maximum Gasteiger partial charge on any atom is 0.200 e. The molecular formula is C11H9Cl2F3O2. The molecule has 0 radical (unpaired) electrons. The summed E-state index contributed by atoms with van der Waals surface area (Å²) >= 11 is 10.7. The van der Waals surface area contributed by atoms with E-state index in [9.17, 15) is 13.2 Å². The van der Waals surface area contributed by atoms with Crippen molar-refractivity contribution in [1.82, 2.24) is 0 Å². The van der Waals surface area contributed by atoms with Gasteiger partial charge in [0.05, 0.1) is 6.61 Å². The molecule has 18 heavy (non-hydrogen) atoms. The molecule has 1 fully saturated rings. The molecule has 0 aliphatic carbocycles. The van der Waals surface area contributed by atoms with Crippen LogP contribution in [-0.4, -0.2) is 12.9 Å². The normalized spacial score (nSPS) is 19.9. The zero-order valence-electron chi connectivity index (χ0n) is 9.11. The second-order valence-corrected chi connectivity index (χ2v) is 4.57. The topological polar surface area (TPSA) is 18.5 Å². The summed E-state index contributed by atoms with van der Waals surface area (Å²) in [5, 5.41) is -1.79. The van der Waals surface area contributed by atoms with Crippen LogP contribution in [0, 0.1) is 17.5 Å². The average molecular weight is 301 g/mol. The lowest BCUT2D eigenvalue weighted by atomic mass is 10.2. The van der Waals surface area contributed by atoms with E-state index in [0.29, 0.717) is 13.0 Å². The quantitative estimate of drug-likeness (QED) is 0.598. The molecule has 0 N–H and O–H groups in total. The van der Waals surface area contributed by atoms with Gasteiger partial charge in [-0.1, -0.05) is 23.2 Å². The summed E-state index contributed by atoms with van der Waals surface area (Å²) in [6.45, 7) is 0.441. The molecule has 0 amide bonds. The third-order valence-corrected chi connectivity index (χ3v) is 3.22. The average Bonchev–Trinajstić information content (AvgIpc) is 2.40. The Bertz CT molecular complexity index is 433. The summed E-state index contributed by atoms with van der Waals surface area (Å²) in [7, 11) is 0. The fourth-order valence-electron chi connectivity index (χ4n) is 1.62. The van der Waals surface area contributed by atoms with Crippen LogP contribution in [0.1, 0.15) is 19.3 Å². The van der Waals surface area contributed by atoms with Gasteiger partial charge < -0.3 is 9.47 Å². The molecule has 0 saturated carbocycles. The predicted molar refractivity (Wildman–Crippen MR) is 60.6 cm³/mol. The van der Waals surface area contributed by atoms with Gasteiger partial charge in [0, 0.05) is 6.42 Å². The van der Waals surface area contributed by atoms with Crippen molar-refractivity contribution >= 4 is 23.2 Å². The lowest BCUT2D eigenvalue weighted by molar-refractivity contribution is -0.108. The van der Waals surface area contributed by atoms with Crippen molar-refractivity contribution in [3.05, 3.63) is 27.5 Å². The van der Waals surface area contributed by atoms with Crippen molar-refractivity contribution < 1.29 is 22.6 Å². The van der Waals surface area contributed by atoms with E-state index in [-0.39, 0.29) is 0 Å². The fourth-order valence-corrected chi connectivity index (χ4v) is 2.03. The molecule has 0 aromatic heterocycles. The van der Waals surface area contributed by atoms with Crippen LogP contribution in [0.5, 0.6) is 5.75 Å². The van der Waals surface area contributed by atoms with Crippen molar-refractivity contribution in [3.63, 3.8) is 0 Å². The van der Waals surface area contributed by atoms with Gasteiger partial charge in [-0.2, -0.15) is 0 Å². The molecule has 2 nitrogen and oxygen atoms in total. The zero-order chi connectivity index (χ0) is 13.3. The largest absolute Gasteiger partial charge is 0.459 e. The second-order valence-electron chi connectivity index (χ2n) is 3.81. The molecule has 7 heteroatoms. The van der Waals surface area contributed by atoms with E-state index in [2.05, 4.69) is 0 Å². The van der Waals surface area contributed by atoms with Gasteiger partial charge in [0.1, 0.15) is 10.0 Å². The Balaban J connectivity index is 2.32. The van der Waals surface area contributed by atoms with Crippen LogP contribution in [0.25, 0.3) is 0 Å². The van der Waals surface area contributed by atoms with Gasteiger partial charge in [-0.25, -0.2) is 13.2 Å². The molecule has 2 rings (SSSR count). The van der Waals surface area contributed by atoms with Crippen LogP contribution in [0.15, 0.2) is 0 Å². The van der Waals surface area contributed by atoms with Crippen molar-refractivity contribution in [2.45, 2.75) is 25.6 Å². The van der Waals surface area contributed by atoms with Gasteiger partial charge >= 0.3 is 0 Å². The maximum absolute atomic E-state index is 13.6. The molecule has 1 unspecified atom stereocenters. The van der Waals surface area contributed by atoms with E-state index in [0.717, 1.165) is 12.8 Å². The number of benzene rings is 1. The Kier molecular flexibility index (Phi) is 4.25. The van der Waals surface area contributed by atoms with Crippen molar-refractivity contribution in [3.8, 4) is 5.75 Å². The van der Waals surface area contributed by atoms with Crippen LogP contribution in [0.2, 0.25) is 10.0 Å². The Morgan fingerprint density at radius 1 is 1.00 bits per heavy atom. The maximum atomic E-state index is 13.6. The van der Waals surface area contributed by atoms with Gasteiger partial charge in [0.15, 0.2) is 29.5 Å². The molecule has 1 saturated heterocycles. The minimum Gasteiger partial charge on any atom is -0.459 e. The third-order valence-electron chi connectivity index (χ3n) is 2.56. The smallest absolute Gasteiger partial charge is 0.200 e. The first kappa shape index (κ1) is 13.8. The highest BCUT2D eigenvalue weighted by molar-refractivity contribution is 6.35. The van der Waals surface area contributed by atoms with Gasteiger partial charge in [-0.3, -0.25) is 0 Å². The fraction of sp³-hybridized carbons (Fsp3) is 0.455. The first-order valence-corrected chi connectivity index (χ1v) is 6.07. The molecule has 100 valence electrons. The summed E-state index contributed by atoms with van der Waals surface area (Å²) in [6, 6.07) is 0. The van der Waals surface area contributed by atoms with Crippen LogP contribution in [0.4, 0.5) is 13.2 Å². The van der Waals surface area contributed by atoms with Gasteiger partial charge in [0.25, 0.3) is 0 Å². The Hall–Kier alpha value is -0.650. The van der Waals surface area contributed by atoms with E-state index in [1.54, 1.807) is 0 Å². The molecule has 1 aromatic rings. The molecular weight excluding hydrogens is 292 g/mol. The third kappa shape index (κ3) is 2.53. The first-order chi connectivity index (χ1) is 8.52. The molecule has 1 heterocycles. The minimum absolute atomic E-state index is 0.441. The zero-order valence-corrected chi connectivity index (χ0v) is 10.6. The Morgan fingerprint density at radius 2 is 1.61 bits per heavy atom.